The van der Waals surface area contributed by atoms with Crippen LogP contribution in [0.5, 0.6) is 0 Å². The summed E-state index contributed by atoms with van der Waals surface area (Å²) >= 11 is 0. The maximum atomic E-state index is 14.2. The Bertz CT molecular complexity index is 989. The zero-order chi connectivity index (χ0) is 18.1. The lowest BCUT2D eigenvalue weighted by molar-refractivity contribution is 0.0696. The molecule has 0 radical (unpaired) electrons. The van der Waals surface area contributed by atoms with Crippen LogP contribution in [0.25, 0.3) is 22.4 Å². The van der Waals surface area contributed by atoms with Crippen molar-refractivity contribution in [2.24, 2.45) is 0 Å². The van der Waals surface area contributed by atoms with Gasteiger partial charge in [0.25, 0.3) is 0 Å². The van der Waals surface area contributed by atoms with E-state index in [0.717, 1.165) is 24.4 Å². The van der Waals surface area contributed by atoms with Crippen LogP contribution < -0.4 is 0 Å². The van der Waals surface area contributed by atoms with Crippen molar-refractivity contribution in [3.05, 3.63) is 77.5 Å². The lowest BCUT2D eigenvalue weighted by Gasteiger charge is -2.12. The number of nitrogens with zero attached hydrogens (tertiary/aromatic N) is 1. The van der Waals surface area contributed by atoms with Gasteiger partial charge in [0.1, 0.15) is 0 Å². The van der Waals surface area contributed by atoms with Crippen molar-refractivity contribution < 1.29 is 27.5 Å². The minimum atomic E-state index is -1.35. The number of benzene rings is 2. The molecule has 1 N–H and O–H groups in total. The Balaban J connectivity index is 2.35. The highest BCUT2D eigenvalue weighted by molar-refractivity contribution is 5.92. The number of rotatable bonds is 3. The van der Waals surface area contributed by atoms with Crippen molar-refractivity contribution in [1.29, 1.82) is 0 Å². The maximum Gasteiger partial charge on any atom is 0.337 e. The van der Waals surface area contributed by atoms with Gasteiger partial charge in [0.05, 0.1) is 11.3 Å². The van der Waals surface area contributed by atoms with Gasteiger partial charge in [-0.3, -0.25) is 4.98 Å². The fraction of sp³-hybridized carbons (Fsp3) is 0. The number of carboxylic acids is 1. The first kappa shape index (κ1) is 16.6. The standard InChI is InChI=1S/C18H9F4NO2/c19-13-5-1-3-10(15(13)21)12-7-9(18(24)25)8-23-17(12)11-4-2-6-14(20)16(11)22/h1-8H,(H,24,25). The number of aromatic nitrogens is 1. The van der Waals surface area contributed by atoms with E-state index in [1.165, 1.54) is 24.3 Å². The summed E-state index contributed by atoms with van der Waals surface area (Å²) < 4.78 is 55.4. The maximum absolute atomic E-state index is 14.2. The Morgan fingerprint density at radius 2 is 1.40 bits per heavy atom. The number of carbonyl (C=O) groups is 1. The molecule has 0 saturated heterocycles. The molecule has 126 valence electrons. The molecule has 25 heavy (non-hydrogen) atoms. The van der Waals surface area contributed by atoms with Gasteiger partial charge in [-0.05, 0) is 24.3 Å². The average Bonchev–Trinajstić information content (AvgIpc) is 2.59. The van der Waals surface area contributed by atoms with E-state index >= 15 is 0 Å². The normalized spacial score (nSPS) is 10.7. The van der Waals surface area contributed by atoms with Gasteiger partial charge < -0.3 is 5.11 Å². The van der Waals surface area contributed by atoms with Crippen LogP contribution in [-0.2, 0) is 0 Å². The molecule has 0 amide bonds. The Hall–Kier alpha value is -3.22. The van der Waals surface area contributed by atoms with Gasteiger partial charge in [-0.1, -0.05) is 18.2 Å². The molecule has 0 atom stereocenters. The lowest BCUT2D eigenvalue weighted by atomic mass is 9.97. The lowest BCUT2D eigenvalue weighted by Crippen LogP contribution is -2.02. The van der Waals surface area contributed by atoms with E-state index in [1.54, 1.807) is 0 Å². The van der Waals surface area contributed by atoms with E-state index in [4.69, 9.17) is 5.11 Å². The predicted octanol–water partition coefficient (Wildman–Crippen LogP) is 4.67. The van der Waals surface area contributed by atoms with Crippen LogP contribution in [0.3, 0.4) is 0 Å². The summed E-state index contributed by atoms with van der Waals surface area (Å²) in [7, 11) is 0. The van der Waals surface area contributed by atoms with Gasteiger partial charge >= 0.3 is 5.97 Å². The van der Waals surface area contributed by atoms with E-state index in [2.05, 4.69) is 4.98 Å². The average molecular weight is 347 g/mol. The number of hydrogen-bond acceptors (Lipinski definition) is 2. The predicted molar refractivity (Wildman–Crippen MR) is 81.9 cm³/mol. The third-order valence-corrected chi connectivity index (χ3v) is 3.58. The molecule has 0 aliphatic rings. The first-order valence-corrected chi connectivity index (χ1v) is 7.02. The van der Waals surface area contributed by atoms with Crippen LogP contribution in [0.1, 0.15) is 10.4 Å². The van der Waals surface area contributed by atoms with E-state index in [-0.39, 0.29) is 27.9 Å². The number of aromatic carboxylic acids is 1. The molecule has 0 spiro atoms. The molecule has 0 unspecified atom stereocenters. The Morgan fingerprint density at radius 1 is 0.840 bits per heavy atom. The highest BCUT2D eigenvalue weighted by Crippen LogP contribution is 2.35. The zero-order valence-corrected chi connectivity index (χ0v) is 12.4. The third-order valence-electron chi connectivity index (χ3n) is 3.58. The summed E-state index contributed by atoms with van der Waals surface area (Å²) in [6, 6.07) is 7.66. The summed E-state index contributed by atoms with van der Waals surface area (Å²) in [5, 5.41) is 9.10. The van der Waals surface area contributed by atoms with Crippen molar-refractivity contribution in [3.8, 4) is 22.4 Å². The number of carboxylic acid groups (broad SMARTS) is 1. The molecule has 0 aliphatic heterocycles. The molecule has 0 aliphatic carbocycles. The molecule has 3 nitrogen and oxygen atoms in total. The van der Waals surface area contributed by atoms with E-state index in [9.17, 15) is 22.4 Å². The van der Waals surface area contributed by atoms with Crippen LogP contribution >= 0.6 is 0 Å². The third kappa shape index (κ3) is 2.96. The van der Waals surface area contributed by atoms with Crippen molar-refractivity contribution in [3.63, 3.8) is 0 Å². The smallest absolute Gasteiger partial charge is 0.337 e. The van der Waals surface area contributed by atoms with E-state index in [0.29, 0.717) is 0 Å². The quantitative estimate of drug-likeness (QED) is 0.701. The van der Waals surface area contributed by atoms with Gasteiger partial charge in [0.2, 0.25) is 0 Å². The van der Waals surface area contributed by atoms with Crippen LogP contribution in [0.4, 0.5) is 17.6 Å². The second-order valence-corrected chi connectivity index (χ2v) is 5.13. The molecular formula is C18H9F4NO2. The van der Waals surface area contributed by atoms with E-state index < -0.39 is 29.2 Å². The van der Waals surface area contributed by atoms with Crippen molar-refractivity contribution in [2.45, 2.75) is 0 Å². The number of pyridine rings is 1. The first-order chi connectivity index (χ1) is 11.9. The summed E-state index contributed by atoms with van der Waals surface area (Å²) in [4.78, 5) is 15.0. The Morgan fingerprint density at radius 3 is 2.00 bits per heavy atom. The Labute approximate surface area is 139 Å². The van der Waals surface area contributed by atoms with Gasteiger partial charge in [-0.2, -0.15) is 0 Å². The fourth-order valence-electron chi connectivity index (χ4n) is 2.40. The second-order valence-electron chi connectivity index (χ2n) is 5.13. The van der Waals surface area contributed by atoms with Gasteiger partial charge in [-0.25, -0.2) is 22.4 Å². The largest absolute Gasteiger partial charge is 0.478 e. The molecule has 7 heteroatoms. The number of hydrogen-bond donors (Lipinski definition) is 1. The zero-order valence-electron chi connectivity index (χ0n) is 12.4. The summed E-state index contributed by atoms with van der Waals surface area (Å²) in [6.07, 6.45) is 0.933. The van der Waals surface area contributed by atoms with Gasteiger partial charge in [-0.15, -0.1) is 0 Å². The summed E-state index contributed by atoms with van der Waals surface area (Å²) in [6.45, 7) is 0. The highest BCUT2D eigenvalue weighted by atomic mass is 19.2. The van der Waals surface area contributed by atoms with Crippen LogP contribution in [0, 0.1) is 23.3 Å². The van der Waals surface area contributed by atoms with Crippen LogP contribution in [0.2, 0.25) is 0 Å². The fourth-order valence-corrected chi connectivity index (χ4v) is 2.40. The molecule has 3 aromatic rings. The minimum absolute atomic E-state index is 0.165. The molecule has 1 aromatic heterocycles. The monoisotopic (exact) mass is 347 g/mol. The molecule has 1 heterocycles. The van der Waals surface area contributed by atoms with Gasteiger partial charge in [0.15, 0.2) is 23.3 Å². The molecule has 0 fully saturated rings. The summed E-state index contributed by atoms with van der Waals surface area (Å²) in [5.41, 5.74) is -1.28. The van der Waals surface area contributed by atoms with Gasteiger partial charge in [0, 0.05) is 22.9 Å². The second kappa shape index (κ2) is 6.35. The first-order valence-electron chi connectivity index (χ1n) is 7.02. The van der Waals surface area contributed by atoms with E-state index in [1.807, 2.05) is 0 Å². The highest BCUT2D eigenvalue weighted by Gasteiger charge is 2.20. The minimum Gasteiger partial charge on any atom is -0.478 e. The molecule has 3 rings (SSSR count). The molecule has 0 saturated carbocycles. The number of halogens is 4. The van der Waals surface area contributed by atoms with Crippen molar-refractivity contribution in [1.82, 2.24) is 4.98 Å². The molecule has 2 aromatic carbocycles. The topological polar surface area (TPSA) is 50.2 Å². The molecule has 0 bridgehead atoms. The summed E-state index contributed by atoms with van der Waals surface area (Å²) in [5.74, 6) is -6.13. The SMILES string of the molecule is O=C(O)c1cnc(-c2cccc(F)c2F)c(-c2cccc(F)c2F)c1. The van der Waals surface area contributed by atoms with Crippen LogP contribution in [-0.4, -0.2) is 16.1 Å². The molecular weight excluding hydrogens is 338 g/mol. The van der Waals surface area contributed by atoms with Crippen molar-refractivity contribution in [2.75, 3.05) is 0 Å². The van der Waals surface area contributed by atoms with Crippen molar-refractivity contribution >= 4 is 5.97 Å². The Kier molecular flexibility index (Phi) is 4.22. The van der Waals surface area contributed by atoms with Crippen LogP contribution in [0.15, 0.2) is 48.7 Å².